The van der Waals surface area contributed by atoms with Gasteiger partial charge in [-0.1, -0.05) is 90.0 Å². The third kappa shape index (κ3) is 8.57. The summed E-state index contributed by atoms with van der Waals surface area (Å²) in [4.78, 5) is 0. The number of allylic oxidation sites excluding steroid dienone is 2. The average molecular weight is 515 g/mol. The van der Waals surface area contributed by atoms with Gasteiger partial charge in [-0.2, -0.15) is 0 Å². The third-order valence-corrected chi connectivity index (χ3v) is 6.92. The molecule has 1 aliphatic heterocycles. The number of unbranched alkanes of at least 4 members (excludes halogenated alkanes) is 7. The van der Waals surface area contributed by atoms with Gasteiger partial charge in [-0.3, -0.25) is 0 Å². The van der Waals surface area contributed by atoms with Crippen LogP contribution in [-0.2, 0) is 29.3 Å². The molecule has 0 aliphatic carbocycles. The maximum absolute atomic E-state index is 11.4. The Hall–Kier alpha value is -1.99. The summed E-state index contributed by atoms with van der Waals surface area (Å²) in [6, 6.07) is 17.6. The SMILES string of the molecule is CCCCCCCCc1cccc(C2=C(CCCC)C=C(c3cccc(CCCC)c3)[N+]2=[N-])c1.[Ni]. The number of rotatable bonds is 15. The normalized spacial score (nSPS) is 13.2. The van der Waals surface area contributed by atoms with Gasteiger partial charge >= 0.3 is 0 Å². The predicted octanol–water partition coefficient (Wildman–Crippen LogP) is 9.92. The molecule has 0 bridgehead atoms. The fourth-order valence-corrected chi connectivity index (χ4v) is 4.87. The summed E-state index contributed by atoms with van der Waals surface area (Å²) in [5, 5.41) is 0. The Labute approximate surface area is 224 Å². The van der Waals surface area contributed by atoms with Gasteiger partial charge in [0.2, 0.25) is 11.4 Å². The molecule has 1 aliphatic rings. The van der Waals surface area contributed by atoms with E-state index < -0.39 is 0 Å². The van der Waals surface area contributed by atoms with Crippen molar-refractivity contribution in [3.63, 3.8) is 0 Å². The second-order valence-corrected chi connectivity index (χ2v) is 9.84. The van der Waals surface area contributed by atoms with E-state index >= 15 is 0 Å². The van der Waals surface area contributed by atoms with Crippen molar-refractivity contribution in [2.24, 2.45) is 0 Å². The Morgan fingerprint density at radius 2 is 1.17 bits per heavy atom. The van der Waals surface area contributed by atoms with Crippen molar-refractivity contribution in [3.8, 4) is 0 Å². The minimum Gasteiger partial charge on any atom is -0.493 e. The fourth-order valence-electron chi connectivity index (χ4n) is 4.87. The Morgan fingerprint density at radius 1 is 0.629 bits per heavy atom. The predicted molar refractivity (Wildman–Crippen MR) is 147 cm³/mol. The van der Waals surface area contributed by atoms with E-state index in [0.29, 0.717) is 0 Å². The molecule has 0 radical (unpaired) electrons. The second kappa shape index (κ2) is 15.9. The summed E-state index contributed by atoms with van der Waals surface area (Å²) in [7, 11) is 0. The van der Waals surface area contributed by atoms with Gasteiger partial charge in [0.05, 0.1) is 0 Å². The van der Waals surface area contributed by atoms with E-state index in [4.69, 9.17) is 0 Å². The van der Waals surface area contributed by atoms with Gasteiger partial charge in [0, 0.05) is 39.3 Å². The van der Waals surface area contributed by atoms with Crippen molar-refractivity contribution in [3.05, 3.63) is 88.0 Å². The van der Waals surface area contributed by atoms with Crippen LogP contribution in [0, 0.1) is 0 Å². The third-order valence-electron chi connectivity index (χ3n) is 6.92. The molecule has 0 atom stereocenters. The van der Waals surface area contributed by atoms with E-state index in [2.05, 4.69) is 75.4 Å². The molecular weight excluding hydrogens is 471 g/mol. The van der Waals surface area contributed by atoms with E-state index in [1.807, 2.05) is 0 Å². The molecule has 0 fully saturated rings. The molecule has 2 aromatic carbocycles. The molecule has 192 valence electrons. The van der Waals surface area contributed by atoms with Crippen LogP contribution in [0.5, 0.6) is 0 Å². The van der Waals surface area contributed by atoms with Gasteiger partial charge in [0.15, 0.2) is 0 Å². The topological polar surface area (TPSA) is 25.3 Å². The van der Waals surface area contributed by atoms with E-state index in [1.165, 1.54) is 72.8 Å². The molecule has 0 amide bonds. The molecule has 0 aromatic heterocycles. The zero-order valence-corrected chi connectivity index (χ0v) is 23.1. The standard InChI is InChI=1S/C32H44N2.Ni/c1-4-7-10-11-12-13-17-27-19-15-22-29(24-27)32-30(20-9-6-3)25-31(34(32)33)28-21-14-18-26(23-28)16-8-5-2;/h14-15,18-19,21-25H,4-13,16-17,20H2,1-3H3;. The summed E-state index contributed by atoms with van der Waals surface area (Å²) in [6.45, 7) is 6.73. The molecule has 0 saturated carbocycles. The van der Waals surface area contributed by atoms with Gasteiger partial charge in [-0.05, 0) is 73.9 Å². The van der Waals surface area contributed by atoms with Gasteiger partial charge in [-0.15, -0.1) is 0 Å². The van der Waals surface area contributed by atoms with Crippen molar-refractivity contribution in [1.82, 2.24) is 0 Å². The van der Waals surface area contributed by atoms with Crippen LogP contribution >= 0.6 is 0 Å². The zero-order chi connectivity index (χ0) is 24.2. The Kier molecular flexibility index (Phi) is 13.3. The van der Waals surface area contributed by atoms with Crippen LogP contribution < -0.4 is 0 Å². The molecule has 0 saturated heterocycles. The summed E-state index contributed by atoms with van der Waals surface area (Å²) in [6.07, 6.45) is 18.0. The van der Waals surface area contributed by atoms with Gasteiger partial charge < -0.3 is 5.53 Å². The van der Waals surface area contributed by atoms with Crippen LogP contribution in [0.2, 0.25) is 0 Å². The average Bonchev–Trinajstić information content (AvgIpc) is 3.19. The summed E-state index contributed by atoms with van der Waals surface area (Å²) < 4.78 is 1.45. The molecule has 35 heavy (non-hydrogen) atoms. The molecule has 2 aromatic rings. The summed E-state index contributed by atoms with van der Waals surface area (Å²) in [5.74, 6) is 0. The first kappa shape index (κ1) is 29.2. The Balaban J connectivity index is 0.00000432. The molecule has 0 spiro atoms. The zero-order valence-electron chi connectivity index (χ0n) is 22.1. The van der Waals surface area contributed by atoms with Crippen LogP contribution in [0.15, 0.2) is 60.2 Å². The smallest absolute Gasteiger partial charge is 0.210 e. The van der Waals surface area contributed by atoms with Crippen molar-refractivity contribution < 1.29 is 21.2 Å². The van der Waals surface area contributed by atoms with Gasteiger partial charge in [0.25, 0.3) is 0 Å². The van der Waals surface area contributed by atoms with Crippen LogP contribution in [0.25, 0.3) is 16.9 Å². The molecule has 3 heteroatoms. The largest absolute Gasteiger partial charge is 0.493 e. The van der Waals surface area contributed by atoms with Crippen molar-refractivity contribution in [2.75, 3.05) is 0 Å². The van der Waals surface area contributed by atoms with Gasteiger partial charge in [0.1, 0.15) is 0 Å². The van der Waals surface area contributed by atoms with E-state index in [0.717, 1.165) is 54.6 Å². The number of hydrogen-bond donors (Lipinski definition) is 0. The fraction of sp³-hybridized carbons (Fsp3) is 0.500. The van der Waals surface area contributed by atoms with Crippen LogP contribution in [0.3, 0.4) is 0 Å². The number of benzene rings is 2. The quantitative estimate of drug-likeness (QED) is 0.128. The number of nitrogens with zero attached hydrogens (tertiary/aromatic N) is 2. The monoisotopic (exact) mass is 514 g/mol. The van der Waals surface area contributed by atoms with E-state index in [9.17, 15) is 5.53 Å². The summed E-state index contributed by atoms with van der Waals surface area (Å²) in [5.41, 5.74) is 19.5. The number of aryl methyl sites for hydroxylation is 2. The van der Waals surface area contributed by atoms with Crippen molar-refractivity contribution in [2.45, 2.75) is 104 Å². The minimum absolute atomic E-state index is 0. The van der Waals surface area contributed by atoms with Crippen molar-refractivity contribution in [1.29, 1.82) is 0 Å². The first-order valence-corrected chi connectivity index (χ1v) is 13.8. The Morgan fingerprint density at radius 3 is 1.86 bits per heavy atom. The van der Waals surface area contributed by atoms with Crippen LogP contribution in [0.4, 0.5) is 0 Å². The Bertz CT molecular complexity index is 1000. The second-order valence-electron chi connectivity index (χ2n) is 9.84. The summed E-state index contributed by atoms with van der Waals surface area (Å²) >= 11 is 0. The maximum Gasteiger partial charge on any atom is 0.210 e. The molecular formula is C32H44N2Ni. The van der Waals surface area contributed by atoms with E-state index in [1.54, 1.807) is 0 Å². The van der Waals surface area contributed by atoms with Crippen LogP contribution in [0.1, 0.15) is 114 Å². The van der Waals surface area contributed by atoms with E-state index in [-0.39, 0.29) is 16.5 Å². The number of hydrogen-bond acceptors (Lipinski definition) is 0. The maximum atomic E-state index is 11.4. The molecule has 0 N–H and O–H groups in total. The van der Waals surface area contributed by atoms with Gasteiger partial charge in [-0.25, -0.2) is 4.70 Å². The minimum atomic E-state index is 0. The first-order valence-electron chi connectivity index (χ1n) is 13.8. The molecule has 1 heterocycles. The molecule has 0 unspecified atom stereocenters. The molecule has 2 nitrogen and oxygen atoms in total. The first-order chi connectivity index (χ1) is 16.7. The van der Waals surface area contributed by atoms with Crippen molar-refractivity contribution >= 4 is 11.4 Å². The molecule has 3 rings (SSSR count). The van der Waals surface area contributed by atoms with Crippen LogP contribution in [-0.4, -0.2) is 4.70 Å².